The number of thiophene rings is 1. The number of aliphatic hydroxyl groups is 1. The monoisotopic (exact) mass is 405 g/mol. The summed E-state index contributed by atoms with van der Waals surface area (Å²) < 4.78 is 6.13. The summed E-state index contributed by atoms with van der Waals surface area (Å²) in [5.41, 5.74) is 1.81. The van der Waals surface area contributed by atoms with Gasteiger partial charge in [-0.05, 0) is 66.3 Å². The number of hydrogen-bond acceptors (Lipinski definition) is 4. The van der Waals surface area contributed by atoms with Crippen molar-refractivity contribution in [3.8, 4) is 5.75 Å². The molecule has 0 unspecified atom stereocenters. The maximum atomic E-state index is 12.6. The number of benzene rings is 1. The van der Waals surface area contributed by atoms with E-state index < -0.39 is 6.10 Å². The van der Waals surface area contributed by atoms with Crippen LogP contribution in [0.5, 0.6) is 5.75 Å². The van der Waals surface area contributed by atoms with E-state index in [0.717, 1.165) is 47.8 Å². The highest BCUT2D eigenvalue weighted by Gasteiger charge is 2.44. The van der Waals surface area contributed by atoms with Crippen LogP contribution in [-0.4, -0.2) is 41.2 Å². The molecule has 1 aliphatic carbocycles. The molecule has 1 aromatic heterocycles. The van der Waals surface area contributed by atoms with Crippen LogP contribution in [-0.2, 0) is 6.42 Å². The molecule has 4 atom stereocenters. The van der Waals surface area contributed by atoms with Crippen molar-refractivity contribution in [2.24, 2.45) is 11.8 Å². The molecule has 1 N–H and O–H groups in total. The summed E-state index contributed by atoms with van der Waals surface area (Å²) in [5.74, 6) is 1.57. The maximum Gasteiger partial charge on any atom is 0.254 e. The van der Waals surface area contributed by atoms with Crippen molar-refractivity contribution in [3.63, 3.8) is 0 Å². The molecule has 2 aromatic rings. The second-order valence-corrected chi connectivity index (χ2v) is 8.73. The molecule has 4 nitrogen and oxygen atoms in total. The van der Waals surface area contributed by atoms with Gasteiger partial charge in [0.15, 0.2) is 0 Å². The lowest BCUT2D eigenvalue weighted by Crippen LogP contribution is -2.42. The van der Waals surface area contributed by atoms with Gasteiger partial charge in [0.25, 0.3) is 5.91 Å². The fourth-order valence-corrected chi connectivity index (χ4v) is 5.20. The number of aliphatic hydroxyl groups excluding tert-OH is 1. The summed E-state index contributed by atoms with van der Waals surface area (Å²) in [6.07, 6.45) is 1.53. The van der Waals surface area contributed by atoms with Crippen molar-refractivity contribution in [2.75, 3.05) is 13.1 Å². The van der Waals surface area contributed by atoms with Crippen molar-refractivity contribution in [1.29, 1.82) is 0 Å². The summed E-state index contributed by atoms with van der Waals surface area (Å²) in [5, 5.41) is 15.2. The Kier molecular flexibility index (Phi) is 5.44. The SMILES string of the molecule is CCc1cc(O[C@@H]2C[C@@H]3CN(C(=O)c4ccsc4)C[C@@H]3C[C@H]2O)ccc1Cl. The van der Waals surface area contributed by atoms with Crippen LogP contribution in [0, 0.1) is 11.8 Å². The third-order valence-electron chi connectivity index (χ3n) is 5.83. The molecule has 1 amide bonds. The molecule has 2 fully saturated rings. The van der Waals surface area contributed by atoms with Crippen molar-refractivity contribution in [1.82, 2.24) is 4.90 Å². The van der Waals surface area contributed by atoms with Gasteiger partial charge in [-0.2, -0.15) is 11.3 Å². The highest BCUT2D eigenvalue weighted by molar-refractivity contribution is 7.08. The molecular formula is C21H24ClNO3S. The largest absolute Gasteiger partial charge is 0.488 e. The number of amides is 1. The number of aryl methyl sites for hydroxylation is 1. The number of fused-ring (bicyclic) bond motifs is 1. The van der Waals surface area contributed by atoms with Crippen LogP contribution in [0.4, 0.5) is 0 Å². The van der Waals surface area contributed by atoms with Gasteiger partial charge in [-0.25, -0.2) is 0 Å². The van der Waals surface area contributed by atoms with E-state index in [1.165, 1.54) is 0 Å². The number of ether oxygens (including phenoxy) is 1. The molecular weight excluding hydrogens is 382 g/mol. The Labute approximate surface area is 168 Å². The summed E-state index contributed by atoms with van der Waals surface area (Å²) in [4.78, 5) is 14.6. The van der Waals surface area contributed by atoms with Gasteiger partial charge >= 0.3 is 0 Å². The normalized spacial score (nSPS) is 27.4. The molecule has 0 spiro atoms. The van der Waals surface area contributed by atoms with Gasteiger partial charge in [0.05, 0.1) is 11.7 Å². The third kappa shape index (κ3) is 3.86. The lowest BCUT2D eigenvalue weighted by Gasteiger charge is -2.35. The molecule has 0 radical (unpaired) electrons. The Hall–Kier alpha value is -1.56. The first-order valence-corrected chi connectivity index (χ1v) is 10.8. The average molecular weight is 406 g/mol. The second-order valence-electron chi connectivity index (χ2n) is 7.54. The van der Waals surface area contributed by atoms with E-state index in [1.54, 1.807) is 11.3 Å². The van der Waals surface area contributed by atoms with Crippen LogP contribution in [0.2, 0.25) is 5.02 Å². The smallest absolute Gasteiger partial charge is 0.254 e. The summed E-state index contributed by atoms with van der Waals surface area (Å²) in [6.45, 7) is 3.53. The molecule has 27 heavy (non-hydrogen) atoms. The highest BCUT2D eigenvalue weighted by atomic mass is 35.5. The fraction of sp³-hybridized carbons (Fsp3) is 0.476. The summed E-state index contributed by atoms with van der Waals surface area (Å²) >= 11 is 7.73. The van der Waals surface area contributed by atoms with E-state index in [9.17, 15) is 9.90 Å². The molecule has 6 heteroatoms. The predicted octanol–water partition coefficient (Wildman–Crippen LogP) is 4.25. The molecule has 1 aromatic carbocycles. The van der Waals surface area contributed by atoms with Gasteiger partial charge in [0, 0.05) is 23.5 Å². The predicted molar refractivity (Wildman–Crippen MR) is 108 cm³/mol. The Morgan fingerprint density at radius 3 is 2.78 bits per heavy atom. The molecule has 2 heterocycles. The van der Waals surface area contributed by atoms with Gasteiger partial charge in [0.1, 0.15) is 11.9 Å². The molecule has 4 rings (SSSR count). The minimum atomic E-state index is -0.511. The van der Waals surface area contributed by atoms with Gasteiger partial charge < -0.3 is 14.7 Å². The molecule has 0 bridgehead atoms. The van der Waals surface area contributed by atoms with Gasteiger partial charge in [-0.3, -0.25) is 4.79 Å². The Balaban J connectivity index is 1.42. The number of rotatable bonds is 4. The highest BCUT2D eigenvalue weighted by Crippen LogP contribution is 2.39. The van der Waals surface area contributed by atoms with E-state index in [4.69, 9.17) is 16.3 Å². The number of carbonyl (C=O) groups excluding carboxylic acids is 1. The number of likely N-dealkylation sites (tertiary alicyclic amines) is 1. The van der Waals surface area contributed by atoms with Crippen LogP contribution in [0.1, 0.15) is 35.7 Å². The van der Waals surface area contributed by atoms with E-state index in [1.807, 2.05) is 39.9 Å². The number of hydrogen-bond donors (Lipinski definition) is 1. The quantitative estimate of drug-likeness (QED) is 0.827. The Morgan fingerprint density at radius 2 is 2.07 bits per heavy atom. The first kappa shape index (κ1) is 18.8. The van der Waals surface area contributed by atoms with E-state index in [2.05, 4.69) is 6.92 Å². The molecule has 1 saturated carbocycles. The van der Waals surface area contributed by atoms with Crippen molar-refractivity contribution >= 4 is 28.8 Å². The van der Waals surface area contributed by atoms with Crippen LogP contribution in [0.15, 0.2) is 35.0 Å². The van der Waals surface area contributed by atoms with Crippen molar-refractivity contribution in [2.45, 2.75) is 38.4 Å². The zero-order valence-corrected chi connectivity index (χ0v) is 16.9. The minimum absolute atomic E-state index is 0.0999. The van der Waals surface area contributed by atoms with Crippen LogP contribution in [0.25, 0.3) is 0 Å². The van der Waals surface area contributed by atoms with Crippen molar-refractivity contribution in [3.05, 3.63) is 51.2 Å². The third-order valence-corrected chi connectivity index (χ3v) is 6.88. The van der Waals surface area contributed by atoms with Crippen molar-refractivity contribution < 1.29 is 14.6 Å². The zero-order chi connectivity index (χ0) is 19.0. The molecule has 1 aliphatic heterocycles. The lowest BCUT2D eigenvalue weighted by atomic mass is 9.78. The topological polar surface area (TPSA) is 49.8 Å². The van der Waals surface area contributed by atoms with Gasteiger partial charge in [-0.15, -0.1) is 0 Å². The molecule has 144 valence electrons. The number of carbonyl (C=O) groups is 1. The zero-order valence-electron chi connectivity index (χ0n) is 15.3. The lowest BCUT2D eigenvalue weighted by molar-refractivity contribution is -0.0231. The van der Waals surface area contributed by atoms with Crippen LogP contribution >= 0.6 is 22.9 Å². The first-order valence-electron chi connectivity index (χ1n) is 9.49. The molecule has 2 aliphatic rings. The van der Waals surface area contributed by atoms with E-state index in [-0.39, 0.29) is 12.0 Å². The Bertz CT molecular complexity index is 810. The second kappa shape index (κ2) is 7.82. The van der Waals surface area contributed by atoms with Gasteiger partial charge in [0.2, 0.25) is 0 Å². The average Bonchev–Trinajstić information content (AvgIpc) is 3.32. The fourth-order valence-electron chi connectivity index (χ4n) is 4.32. The van der Waals surface area contributed by atoms with Gasteiger partial charge in [-0.1, -0.05) is 18.5 Å². The summed E-state index contributed by atoms with van der Waals surface area (Å²) in [7, 11) is 0. The maximum absolute atomic E-state index is 12.6. The van der Waals surface area contributed by atoms with E-state index >= 15 is 0 Å². The van der Waals surface area contributed by atoms with E-state index in [0.29, 0.717) is 18.3 Å². The Morgan fingerprint density at radius 1 is 1.30 bits per heavy atom. The summed E-state index contributed by atoms with van der Waals surface area (Å²) in [6, 6.07) is 7.55. The number of halogens is 1. The minimum Gasteiger partial charge on any atom is -0.488 e. The number of nitrogens with zero attached hydrogens (tertiary/aromatic N) is 1. The first-order chi connectivity index (χ1) is 13.0. The van der Waals surface area contributed by atoms with Crippen LogP contribution in [0.3, 0.4) is 0 Å². The molecule has 1 saturated heterocycles. The van der Waals surface area contributed by atoms with Crippen LogP contribution < -0.4 is 4.74 Å². The standard InChI is InChI=1S/C21H24ClNO3S/c1-2-13-7-17(3-4-18(13)22)26-20-9-16-11-23(10-15(16)8-19(20)24)21(25)14-5-6-27-12-14/h3-7,12,15-16,19-20,24H,2,8-11H2,1H3/t15-,16+,19+,20+/m0/s1.